The fourth-order valence-corrected chi connectivity index (χ4v) is 3.09. The molecule has 0 atom stereocenters. The van der Waals surface area contributed by atoms with Crippen LogP contribution < -0.4 is 5.32 Å². The molecule has 1 aliphatic rings. The number of carbonyl (C=O) groups is 2. The number of alkyl halides is 3. The van der Waals surface area contributed by atoms with Gasteiger partial charge in [0.15, 0.2) is 0 Å². The van der Waals surface area contributed by atoms with Crippen LogP contribution in [0, 0.1) is 0 Å². The molecule has 0 saturated carbocycles. The highest BCUT2D eigenvalue weighted by Crippen LogP contribution is 2.35. The lowest BCUT2D eigenvalue weighted by atomic mass is 10.1. The van der Waals surface area contributed by atoms with Crippen LogP contribution in [-0.4, -0.2) is 36.3 Å². The summed E-state index contributed by atoms with van der Waals surface area (Å²) in [5, 5.41) is 2.18. The minimum atomic E-state index is -4.56. The lowest BCUT2D eigenvalue weighted by Crippen LogP contribution is -2.34. The summed E-state index contributed by atoms with van der Waals surface area (Å²) in [6.07, 6.45) is 2.33. The van der Waals surface area contributed by atoms with Gasteiger partial charge < -0.3 is 10.2 Å². The van der Waals surface area contributed by atoms with Crippen molar-refractivity contribution >= 4 is 29.5 Å². The third-order valence-corrected chi connectivity index (χ3v) is 4.65. The number of hydrogen-bond acceptors (Lipinski definition) is 2. The molecule has 27 heavy (non-hydrogen) atoms. The number of amides is 2. The van der Waals surface area contributed by atoms with Gasteiger partial charge >= 0.3 is 6.18 Å². The van der Waals surface area contributed by atoms with E-state index in [1.54, 1.807) is 0 Å². The van der Waals surface area contributed by atoms with Gasteiger partial charge in [-0.3, -0.25) is 9.59 Å². The molecule has 4 nitrogen and oxygen atoms in total. The van der Waals surface area contributed by atoms with E-state index in [1.807, 2.05) is 4.90 Å². The maximum absolute atomic E-state index is 12.8. The maximum Gasteiger partial charge on any atom is 0.417 e. The summed E-state index contributed by atoms with van der Waals surface area (Å²) in [7, 11) is 0. The molecule has 1 aliphatic heterocycles. The molecule has 8 heteroatoms. The first-order valence-corrected chi connectivity index (χ1v) is 9.25. The molecule has 1 aromatic rings. The molecule has 0 bridgehead atoms. The highest BCUT2D eigenvalue weighted by Gasteiger charge is 2.33. The summed E-state index contributed by atoms with van der Waals surface area (Å²) in [5.41, 5.74) is -0.739. The van der Waals surface area contributed by atoms with Crippen LogP contribution in [0.3, 0.4) is 0 Å². The molecule has 0 unspecified atom stereocenters. The molecule has 2 rings (SSSR count). The Kier molecular flexibility index (Phi) is 7.71. The Morgan fingerprint density at radius 2 is 1.81 bits per heavy atom. The molecule has 1 N–H and O–H groups in total. The maximum atomic E-state index is 12.8. The first kappa shape index (κ1) is 21.3. The number of rotatable bonds is 5. The van der Waals surface area contributed by atoms with Crippen LogP contribution in [0.5, 0.6) is 0 Å². The van der Waals surface area contributed by atoms with Crippen molar-refractivity contribution in [1.29, 1.82) is 0 Å². The van der Waals surface area contributed by atoms with Gasteiger partial charge in [-0.05, 0) is 36.6 Å². The van der Waals surface area contributed by atoms with Gasteiger partial charge in [-0.1, -0.05) is 30.5 Å². The number of likely N-dealkylation sites (tertiary alicyclic amines) is 1. The van der Waals surface area contributed by atoms with Gasteiger partial charge in [-0.2, -0.15) is 13.2 Å². The topological polar surface area (TPSA) is 49.4 Å². The largest absolute Gasteiger partial charge is 0.417 e. The molecule has 148 valence electrons. The van der Waals surface area contributed by atoms with Crippen molar-refractivity contribution in [2.75, 3.05) is 19.6 Å². The van der Waals surface area contributed by atoms with Crippen molar-refractivity contribution in [2.24, 2.45) is 0 Å². The number of benzene rings is 1. The Labute approximate surface area is 161 Å². The Bertz CT molecular complexity index is 697. The Morgan fingerprint density at radius 3 is 2.44 bits per heavy atom. The lowest BCUT2D eigenvalue weighted by Gasteiger charge is -2.20. The number of halogens is 4. The van der Waals surface area contributed by atoms with Gasteiger partial charge in [-0.25, -0.2) is 0 Å². The van der Waals surface area contributed by atoms with Crippen LogP contribution in [0.2, 0.25) is 5.02 Å². The van der Waals surface area contributed by atoms with Gasteiger partial charge in [0.05, 0.1) is 10.6 Å². The van der Waals surface area contributed by atoms with Crippen LogP contribution >= 0.6 is 11.6 Å². The van der Waals surface area contributed by atoms with E-state index in [9.17, 15) is 22.8 Å². The molecular weight excluding hydrogens is 381 g/mol. The van der Waals surface area contributed by atoms with Crippen LogP contribution in [0.25, 0.3) is 6.08 Å². The highest BCUT2D eigenvalue weighted by atomic mass is 35.5. The van der Waals surface area contributed by atoms with E-state index < -0.39 is 22.7 Å². The predicted octanol–water partition coefficient (Wildman–Crippen LogP) is 4.28. The van der Waals surface area contributed by atoms with Crippen molar-refractivity contribution in [3.8, 4) is 0 Å². The average molecular weight is 403 g/mol. The predicted molar refractivity (Wildman–Crippen MR) is 98.2 cm³/mol. The van der Waals surface area contributed by atoms with E-state index in [0.29, 0.717) is 0 Å². The molecule has 1 heterocycles. The zero-order valence-corrected chi connectivity index (χ0v) is 15.6. The molecule has 0 aliphatic carbocycles. The minimum absolute atomic E-state index is 0.00806. The molecule has 0 aromatic heterocycles. The minimum Gasteiger partial charge on any atom is -0.352 e. The van der Waals surface area contributed by atoms with Crippen molar-refractivity contribution in [2.45, 2.75) is 38.3 Å². The zero-order chi connectivity index (χ0) is 19.9. The molecule has 2 amide bonds. The van der Waals surface area contributed by atoms with Gasteiger partial charge in [0.2, 0.25) is 11.8 Å². The van der Waals surface area contributed by atoms with E-state index >= 15 is 0 Å². The second kappa shape index (κ2) is 9.78. The van der Waals surface area contributed by atoms with Crippen LogP contribution in [0.15, 0.2) is 24.3 Å². The van der Waals surface area contributed by atoms with Crippen molar-refractivity contribution in [1.82, 2.24) is 10.2 Å². The second-order valence-electron chi connectivity index (χ2n) is 6.41. The quantitative estimate of drug-likeness (QED) is 0.747. The van der Waals surface area contributed by atoms with E-state index in [2.05, 4.69) is 5.32 Å². The fourth-order valence-electron chi connectivity index (χ4n) is 2.87. The first-order valence-electron chi connectivity index (χ1n) is 8.88. The van der Waals surface area contributed by atoms with Crippen LogP contribution in [-0.2, 0) is 15.8 Å². The Morgan fingerprint density at radius 1 is 1.15 bits per heavy atom. The average Bonchev–Trinajstić information content (AvgIpc) is 2.89. The van der Waals surface area contributed by atoms with E-state index in [-0.39, 0.29) is 24.4 Å². The first-order chi connectivity index (χ1) is 12.8. The van der Waals surface area contributed by atoms with Gasteiger partial charge in [0, 0.05) is 32.1 Å². The lowest BCUT2D eigenvalue weighted by molar-refractivity contribution is -0.137. The third-order valence-electron chi connectivity index (χ3n) is 4.32. The second-order valence-corrected chi connectivity index (χ2v) is 6.81. The highest BCUT2D eigenvalue weighted by molar-refractivity contribution is 6.31. The molecule has 0 radical (unpaired) electrons. The normalized spacial score (nSPS) is 15.6. The van der Waals surface area contributed by atoms with Gasteiger partial charge in [-0.15, -0.1) is 0 Å². The summed E-state index contributed by atoms with van der Waals surface area (Å²) in [6, 6.07) is 3.42. The summed E-state index contributed by atoms with van der Waals surface area (Å²) in [4.78, 5) is 25.7. The summed E-state index contributed by atoms with van der Waals surface area (Å²) in [5.74, 6) is -0.462. The van der Waals surface area contributed by atoms with Crippen molar-refractivity contribution in [3.05, 3.63) is 40.4 Å². The summed E-state index contributed by atoms with van der Waals surface area (Å²) >= 11 is 5.56. The van der Waals surface area contributed by atoms with Crippen LogP contribution in [0.1, 0.15) is 43.2 Å². The fraction of sp³-hybridized carbons (Fsp3) is 0.474. The van der Waals surface area contributed by atoms with Crippen molar-refractivity contribution in [3.63, 3.8) is 0 Å². The van der Waals surface area contributed by atoms with Gasteiger partial charge in [0.1, 0.15) is 0 Å². The van der Waals surface area contributed by atoms with E-state index in [1.165, 1.54) is 12.1 Å². The number of nitrogens with zero attached hydrogens (tertiary/aromatic N) is 1. The van der Waals surface area contributed by atoms with E-state index in [0.717, 1.165) is 57.0 Å². The smallest absolute Gasteiger partial charge is 0.352 e. The standard InChI is InChI=1S/C19H22ClF3N2O2/c20-16-7-5-14(13-15(16)19(21,22)23)6-8-17(26)24-10-9-18(27)25-11-3-1-2-4-12-25/h5-8,13H,1-4,9-12H2,(H,24,26)/b8-6+. The summed E-state index contributed by atoms with van der Waals surface area (Å²) in [6.45, 7) is 1.70. The molecule has 1 fully saturated rings. The summed E-state index contributed by atoms with van der Waals surface area (Å²) < 4.78 is 38.5. The monoisotopic (exact) mass is 402 g/mol. The molecule has 1 aromatic carbocycles. The zero-order valence-electron chi connectivity index (χ0n) is 14.8. The number of carbonyl (C=O) groups excluding carboxylic acids is 2. The molecule has 1 saturated heterocycles. The Balaban J connectivity index is 1.82. The van der Waals surface area contributed by atoms with Crippen LogP contribution in [0.4, 0.5) is 13.2 Å². The molecular formula is C19H22ClF3N2O2. The Hall–Kier alpha value is -2.02. The SMILES string of the molecule is O=C(/C=C/c1ccc(Cl)c(C(F)(F)F)c1)NCCC(=O)N1CCCCCC1. The number of hydrogen-bond donors (Lipinski definition) is 1. The number of nitrogens with one attached hydrogen (secondary N) is 1. The van der Waals surface area contributed by atoms with Gasteiger partial charge in [0.25, 0.3) is 0 Å². The van der Waals surface area contributed by atoms with E-state index in [4.69, 9.17) is 11.6 Å². The molecule has 0 spiro atoms. The third kappa shape index (κ3) is 6.90. The van der Waals surface area contributed by atoms with Crippen molar-refractivity contribution < 1.29 is 22.8 Å².